The highest BCUT2D eigenvalue weighted by Gasteiger charge is 2.33. The van der Waals surface area contributed by atoms with Gasteiger partial charge in [0.05, 0.1) is 43.4 Å². The van der Waals surface area contributed by atoms with E-state index in [0.29, 0.717) is 20.1 Å². The van der Waals surface area contributed by atoms with Gasteiger partial charge >= 0.3 is 0 Å². The van der Waals surface area contributed by atoms with Crippen LogP contribution in [0, 0.1) is 0 Å². The third kappa shape index (κ3) is 8.36. The maximum Gasteiger partial charge on any atom is 0.120 e. The summed E-state index contributed by atoms with van der Waals surface area (Å²) in [6, 6.07) is 39.3. The van der Waals surface area contributed by atoms with Crippen molar-refractivity contribution in [3.05, 3.63) is 167 Å². The molecule has 0 aliphatic heterocycles. The molecule has 0 saturated carbocycles. The lowest BCUT2D eigenvalue weighted by atomic mass is 10.2. The summed E-state index contributed by atoms with van der Waals surface area (Å²) in [4.78, 5) is 0. The fraction of sp³-hybridized carbons (Fsp3) is 0. The lowest BCUT2D eigenvalue weighted by molar-refractivity contribution is -0.00000678. The molecule has 0 heterocycles. The molecular weight excluding hydrogens is 593 g/mol. The monoisotopic (exact) mass is 614 g/mol. The van der Waals surface area contributed by atoms with Crippen molar-refractivity contribution in [2.45, 2.75) is 0 Å². The minimum atomic E-state index is -2.56. The van der Waals surface area contributed by atoms with E-state index in [4.69, 9.17) is 46.4 Å². The highest BCUT2D eigenvalue weighted by molar-refractivity contribution is 7.88. The predicted octanol–water partition coefficient (Wildman–Crippen LogP) is 8.96. The molecule has 0 spiro atoms. The van der Waals surface area contributed by atoms with E-state index in [1.165, 1.54) is 0 Å². The first kappa shape index (κ1) is 30.3. The van der Waals surface area contributed by atoms with E-state index in [2.05, 4.69) is 0 Å². The number of hydrogen-bond acceptors (Lipinski definition) is 0. The van der Waals surface area contributed by atoms with Gasteiger partial charge in [-0.2, -0.15) is 0 Å². The van der Waals surface area contributed by atoms with Gasteiger partial charge in [0.15, 0.2) is 0 Å². The van der Waals surface area contributed by atoms with E-state index < -0.39 is 7.26 Å². The number of hydrogen-bond donors (Lipinski definition) is 0. The summed E-state index contributed by atoms with van der Waals surface area (Å²) in [6.45, 7) is 0. The Bertz CT molecular complexity index is 1200. The SMILES string of the molecule is ClC(=C[P+](/C=C(\Cl)c1ccccc1)(/C=C(\Cl)c1ccccc1)/C=C(/Cl)c1ccccc1)c1ccccc1.[Cl-]. The molecule has 0 unspecified atom stereocenters. The van der Waals surface area contributed by atoms with Gasteiger partial charge in [-0.1, -0.05) is 168 Å². The van der Waals surface area contributed by atoms with Gasteiger partial charge in [-0.05, 0) is 22.3 Å². The van der Waals surface area contributed by atoms with Crippen molar-refractivity contribution in [1.29, 1.82) is 0 Å². The van der Waals surface area contributed by atoms with Gasteiger partial charge in [-0.15, -0.1) is 0 Å². The summed E-state index contributed by atoms with van der Waals surface area (Å²) >= 11 is 27.8. The molecule has 4 aromatic rings. The molecule has 6 heteroatoms. The van der Waals surface area contributed by atoms with Crippen LogP contribution in [0.25, 0.3) is 20.1 Å². The first-order chi connectivity index (χ1) is 18.0. The normalized spacial score (nSPS) is 13.2. The van der Waals surface area contributed by atoms with Crippen molar-refractivity contribution in [1.82, 2.24) is 0 Å². The molecule has 0 nitrogen and oxygen atoms in total. The maximum atomic E-state index is 6.95. The van der Waals surface area contributed by atoms with Crippen molar-refractivity contribution < 1.29 is 12.4 Å². The van der Waals surface area contributed by atoms with E-state index in [-0.39, 0.29) is 12.4 Å². The Morgan fingerprint density at radius 1 is 0.368 bits per heavy atom. The summed E-state index contributed by atoms with van der Waals surface area (Å²) in [5.41, 5.74) is 3.58. The fourth-order valence-electron chi connectivity index (χ4n) is 3.70. The van der Waals surface area contributed by atoms with E-state index >= 15 is 0 Å². The van der Waals surface area contributed by atoms with Crippen molar-refractivity contribution in [2.24, 2.45) is 0 Å². The Balaban J connectivity index is 0.00000400. The fourth-order valence-corrected chi connectivity index (χ4v) is 8.84. The van der Waals surface area contributed by atoms with Crippen LogP contribution in [0.2, 0.25) is 0 Å². The number of rotatable bonds is 8. The zero-order valence-corrected chi connectivity index (χ0v) is 24.9. The molecule has 0 aromatic heterocycles. The van der Waals surface area contributed by atoms with Crippen LogP contribution < -0.4 is 12.4 Å². The largest absolute Gasteiger partial charge is 1.00 e. The molecular formula is C32H24Cl5P. The highest BCUT2D eigenvalue weighted by atomic mass is 35.5. The molecule has 0 aliphatic carbocycles. The van der Waals surface area contributed by atoms with E-state index in [1.807, 2.05) is 145 Å². The zero-order valence-electron chi connectivity index (χ0n) is 20.2. The van der Waals surface area contributed by atoms with Crippen LogP contribution >= 0.6 is 53.7 Å². The van der Waals surface area contributed by atoms with Gasteiger partial charge in [0.2, 0.25) is 0 Å². The topological polar surface area (TPSA) is 0 Å². The van der Waals surface area contributed by atoms with Crippen molar-refractivity contribution in [3.63, 3.8) is 0 Å². The molecule has 0 N–H and O–H groups in total. The highest BCUT2D eigenvalue weighted by Crippen LogP contribution is 2.70. The lowest BCUT2D eigenvalue weighted by Gasteiger charge is -2.16. The van der Waals surface area contributed by atoms with Gasteiger partial charge in [-0.3, -0.25) is 0 Å². The first-order valence-electron chi connectivity index (χ1n) is 11.6. The minimum Gasteiger partial charge on any atom is -1.00 e. The Hall–Kier alpha value is -2.28. The van der Waals surface area contributed by atoms with Gasteiger partial charge in [0, 0.05) is 0 Å². The maximum absolute atomic E-state index is 6.95. The van der Waals surface area contributed by atoms with E-state index in [0.717, 1.165) is 22.3 Å². The van der Waals surface area contributed by atoms with Crippen LogP contribution in [-0.4, -0.2) is 0 Å². The zero-order chi connectivity index (χ0) is 26.1. The minimum absolute atomic E-state index is 0. The van der Waals surface area contributed by atoms with E-state index in [9.17, 15) is 0 Å². The van der Waals surface area contributed by atoms with Crippen LogP contribution in [-0.2, 0) is 0 Å². The average Bonchev–Trinajstić information content (AvgIpc) is 2.94. The lowest BCUT2D eigenvalue weighted by Crippen LogP contribution is -3.00. The summed E-state index contributed by atoms with van der Waals surface area (Å²) in [7, 11) is -2.56. The van der Waals surface area contributed by atoms with E-state index in [1.54, 1.807) is 0 Å². The summed E-state index contributed by atoms with van der Waals surface area (Å²) in [6.07, 6.45) is 0. The van der Waals surface area contributed by atoms with Gasteiger partial charge in [-0.25, -0.2) is 0 Å². The molecule has 4 aromatic carbocycles. The van der Waals surface area contributed by atoms with Crippen LogP contribution in [0.4, 0.5) is 0 Å². The van der Waals surface area contributed by atoms with Crippen LogP contribution in [0.15, 0.2) is 145 Å². The molecule has 0 fully saturated rings. The summed E-state index contributed by atoms with van der Waals surface area (Å²) in [5.74, 6) is 8.13. The Labute approximate surface area is 251 Å². The Morgan fingerprint density at radius 2 is 0.553 bits per heavy atom. The second-order valence-electron chi connectivity index (χ2n) is 8.27. The van der Waals surface area contributed by atoms with Gasteiger partial charge < -0.3 is 12.4 Å². The predicted molar refractivity (Wildman–Crippen MR) is 168 cm³/mol. The second-order valence-corrected chi connectivity index (χ2v) is 12.7. The standard InChI is InChI=1S/C32H24Cl4P.ClH/c33-29(25-13-5-1-6-14-25)21-37(22-30(34)26-15-7-2-8-16-26,23-31(35)27-17-9-3-10-18-27)24-32(36)28-19-11-4-12-20-28;/h1-24H;1H/q+1;/p-1/b29-21-,30-22-,31-23+,32-24?;. The number of halogens is 5. The Kier molecular flexibility index (Phi) is 11.8. The van der Waals surface area contributed by atoms with Crippen molar-refractivity contribution >= 4 is 73.8 Å². The molecule has 0 radical (unpaired) electrons. The van der Waals surface area contributed by atoms with Crippen LogP contribution in [0.5, 0.6) is 0 Å². The molecule has 0 saturated heterocycles. The summed E-state index contributed by atoms with van der Waals surface area (Å²) < 4.78 is 0. The van der Waals surface area contributed by atoms with Crippen LogP contribution in [0.1, 0.15) is 22.3 Å². The number of benzene rings is 4. The molecule has 38 heavy (non-hydrogen) atoms. The average molecular weight is 617 g/mol. The Morgan fingerprint density at radius 3 is 0.737 bits per heavy atom. The smallest absolute Gasteiger partial charge is 0.120 e. The first-order valence-corrected chi connectivity index (χ1v) is 15.2. The molecule has 0 amide bonds. The molecule has 0 aliphatic rings. The summed E-state index contributed by atoms with van der Waals surface area (Å²) in [5, 5.41) is 2.35. The third-order valence-electron chi connectivity index (χ3n) is 5.55. The van der Waals surface area contributed by atoms with Crippen LogP contribution in [0.3, 0.4) is 0 Å². The third-order valence-corrected chi connectivity index (χ3v) is 10.3. The molecule has 0 bridgehead atoms. The van der Waals surface area contributed by atoms with Crippen molar-refractivity contribution in [2.75, 3.05) is 0 Å². The van der Waals surface area contributed by atoms with Gasteiger partial charge in [0.1, 0.15) is 7.26 Å². The van der Waals surface area contributed by atoms with Gasteiger partial charge in [0.25, 0.3) is 0 Å². The second kappa shape index (κ2) is 14.8. The molecule has 0 atom stereocenters. The van der Waals surface area contributed by atoms with Crippen molar-refractivity contribution in [3.8, 4) is 0 Å². The molecule has 192 valence electrons. The quantitative estimate of drug-likeness (QED) is 0.173. The molecule has 4 rings (SSSR count).